The first-order valence-corrected chi connectivity index (χ1v) is 8.21. The van der Waals surface area contributed by atoms with Gasteiger partial charge in [0.15, 0.2) is 12.4 Å². The van der Waals surface area contributed by atoms with Crippen molar-refractivity contribution in [3.63, 3.8) is 0 Å². The second-order valence-corrected chi connectivity index (χ2v) is 6.02. The van der Waals surface area contributed by atoms with Gasteiger partial charge in [-0.05, 0) is 23.8 Å². The Hall–Kier alpha value is -2.64. The van der Waals surface area contributed by atoms with Crippen molar-refractivity contribution in [3.8, 4) is 5.75 Å². The van der Waals surface area contributed by atoms with E-state index in [0.717, 1.165) is 12.1 Å². The summed E-state index contributed by atoms with van der Waals surface area (Å²) in [5.74, 6) is 0.117. The monoisotopic (exact) mass is 374 g/mol. The van der Waals surface area contributed by atoms with Crippen molar-refractivity contribution in [2.45, 2.75) is 6.04 Å². The molecule has 26 heavy (non-hydrogen) atoms. The van der Waals surface area contributed by atoms with Crippen LogP contribution in [0.5, 0.6) is 5.75 Å². The van der Waals surface area contributed by atoms with Crippen molar-refractivity contribution < 1.29 is 14.3 Å². The Morgan fingerprint density at radius 3 is 2.96 bits per heavy atom. The normalized spacial score (nSPS) is 18.8. The third-order valence-corrected chi connectivity index (χ3v) is 4.44. The molecule has 8 heteroatoms. The van der Waals surface area contributed by atoms with Gasteiger partial charge in [0.05, 0.1) is 17.3 Å². The molecule has 1 aromatic heterocycles. The number of para-hydroxylation sites is 1. The van der Waals surface area contributed by atoms with Crippen LogP contribution in [0.3, 0.4) is 0 Å². The molecule has 0 aliphatic carbocycles. The lowest BCUT2D eigenvalue weighted by atomic mass is 10.0. The maximum absolute atomic E-state index is 13.2. The number of hydrogen-bond acceptors (Lipinski definition) is 5. The number of hydrogen-bond donors (Lipinski definition) is 2. The van der Waals surface area contributed by atoms with Crippen LogP contribution in [0.25, 0.3) is 0 Å². The van der Waals surface area contributed by atoms with Crippen LogP contribution in [-0.4, -0.2) is 47.9 Å². The molecule has 2 aliphatic heterocycles. The molecule has 1 saturated heterocycles. The second kappa shape index (κ2) is 7.72. The lowest BCUT2D eigenvalue weighted by Gasteiger charge is -2.37. The number of anilines is 1. The fourth-order valence-electron chi connectivity index (χ4n) is 3.26. The number of rotatable bonds is 2. The minimum atomic E-state index is -0.215. The van der Waals surface area contributed by atoms with Crippen LogP contribution in [0.15, 0.2) is 42.7 Å². The minimum Gasteiger partial charge on any atom is -0.481 e. The van der Waals surface area contributed by atoms with Crippen LogP contribution in [0.1, 0.15) is 22.0 Å². The number of carbonyl (C=O) groups is 2. The molecule has 0 saturated carbocycles. The molecule has 1 fully saturated rings. The number of piperazine rings is 1. The van der Waals surface area contributed by atoms with E-state index in [9.17, 15) is 9.59 Å². The molecule has 2 N–H and O–H groups in total. The Balaban J connectivity index is 0.00000196. The number of nitrogens with one attached hydrogen (secondary N) is 2. The zero-order chi connectivity index (χ0) is 17.2. The van der Waals surface area contributed by atoms with Crippen LogP contribution in [0.2, 0.25) is 0 Å². The number of pyridine rings is 1. The molecular weight excluding hydrogens is 356 g/mol. The quantitative estimate of drug-likeness (QED) is 0.834. The van der Waals surface area contributed by atoms with Gasteiger partial charge >= 0.3 is 0 Å². The third kappa shape index (κ3) is 3.36. The van der Waals surface area contributed by atoms with E-state index in [4.69, 9.17) is 4.74 Å². The van der Waals surface area contributed by atoms with E-state index in [0.29, 0.717) is 30.1 Å². The van der Waals surface area contributed by atoms with Gasteiger partial charge < -0.3 is 20.3 Å². The molecule has 2 aliphatic rings. The molecule has 3 heterocycles. The molecule has 1 aromatic carbocycles. The summed E-state index contributed by atoms with van der Waals surface area (Å²) in [7, 11) is 0. The first kappa shape index (κ1) is 18.2. The van der Waals surface area contributed by atoms with E-state index in [2.05, 4.69) is 15.6 Å². The molecule has 0 radical (unpaired) electrons. The van der Waals surface area contributed by atoms with Crippen molar-refractivity contribution in [2.75, 3.05) is 31.6 Å². The Kier molecular flexibility index (Phi) is 5.39. The molecule has 1 unspecified atom stereocenters. The van der Waals surface area contributed by atoms with Crippen molar-refractivity contribution in [3.05, 3.63) is 53.9 Å². The molecule has 2 amide bonds. The number of benzene rings is 1. The van der Waals surface area contributed by atoms with Crippen LogP contribution in [0.4, 0.5) is 5.69 Å². The largest absolute Gasteiger partial charge is 0.481 e. The van der Waals surface area contributed by atoms with Gasteiger partial charge in [-0.2, -0.15) is 0 Å². The molecule has 136 valence electrons. The summed E-state index contributed by atoms with van der Waals surface area (Å²) in [6, 6.07) is 8.98. The molecule has 0 spiro atoms. The maximum Gasteiger partial charge on any atom is 0.262 e. The van der Waals surface area contributed by atoms with Crippen LogP contribution >= 0.6 is 12.4 Å². The minimum absolute atomic E-state index is 0. The smallest absolute Gasteiger partial charge is 0.262 e. The lowest BCUT2D eigenvalue weighted by Crippen LogP contribution is -2.48. The zero-order valence-corrected chi connectivity index (χ0v) is 14.8. The van der Waals surface area contributed by atoms with Gasteiger partial charge in [-0.25, -0.2) is 0 Å². The van der Waals surface area contributed by atoms with Crippen LogP contribution < -0.4 is 15.4 Å². The second-order valence-electron chi connectivity index (χ2n) is 6.02. The van der Waals surface area contributed by atoms with E-state index in [1.54, 1.807) is 30.6 Å². The van der Waals surface area contributed by atoms with E-state index < -0.39 is 0 Å². The average Bonchev–Trinajstić information content (AvgIpc) is 2.67. The maximum atomic E-state index is 13.2. The van der Waals surface area contributed by atoms with E-state index >= 15 is 0 Å². The highest BCUT2D eigenvalue weighted by molar-refractivity contribution is 6.03. The standard InChI is InChI=1S/C18H18N4O3.ClH/c23-16-11-25-17-13(4-1-5-14(17)21-16)18(24)22-8-7-20-10-15(22)12-3-2-6-19-9-12;/h1-6,9,15,20H,7-8,10-11H2,(H,21,23);1H. The fourth-order valence-corrected chi connectivity index (χ4v) is 3.26. The number of aromatic nitrogens is 1. The SMILES string of the molecule is Cl.O=C1COc2c(cccc2C(=O)N2CCNCC2c2cccnc2)N1. The number of halogens is 1. The summed E-state index contributed by atoms with van der Waals surface area (Å²) in [5, 5.41) is 6.07. The van der Waals surface area contributed by atoms with Gasteiger partial charge in [0, 0.05) is 32.0 Å². The Bertz CT molecular complexity index is 815. The first-order valence-electron chi connectivity index (χ1n) is 8.21. The van der Waals surface area contributed by atoms with E-state index in [-0.39, 0.29) is 36.9 Å². The predicted octanol–water partition coefficient (Wildman–Crippen LogP) is 1.62. The average molecular weight is 375 g/mol. The van der Waals surface area contributed by atoms with Gasteiger partial charge in [0.2, 0.25) is 0 Å². The highest BCUT2D eigenvalue weighted by Crippen LogP contribution is 2.34. The highest BCUT2D eigenvalue weighted by Gasteiger charge is 2.32. The summed E-state index contributed by atoms with van der Waals surface area (Å²) in [6.45, 7) is 1.92. The molecule has 7 nitrogen and oxygen atoms in total. The van der Waals surface area contributed by atoms with Gasteiger partial charge in [-0.1, -0.05) is 12.1 Å². The molecular formula is C18H19ClN4O3. The van der Waals surface area contributed by atoms with Crippen molar-refractivity contribution in [2.24, 2.45) is 0 Å². The summed E-state index contributed by atoms with van der Waals surface area (Å²) >= 11 is 0. The Labute approximate surface area is 157 Å². The predicted molar refractivity (Wildman–Crippen MR) is 98.7 cm³/mol. The summed E-state index contributed by atoms with van der Waals surface area (Å²) in [6.07, 6.45) is 3.51. The number of fused-ring (bicyclic) bond motifs is 1. The number of nitrogens with zero attached hydrogens (tertiary/aromatic N) is 2. The molecule has 1 atom stereocenters. The summed E-state index contributed by atoms with van der Waals surface area (Å²) in [5.41, 5.74) is 1.99. The zero-order valence-electron chi connectivity index (χ0n) is 14.0. The Morgan fingerprint density at radius 2 is 2.15 bits per heavy atom. The van der Waals surface area contributed by atoms with Crippen LogP contribution in [0, 0.1) is 0 Å². The Morgan fingerprint density at radius 1 is 1.27 bits per heavy atom. The lowest BCUT2D eigenvalue weighted by molar-refractivity contribution is -0.118. The fraction of sp³-hybridized carbons (Fsp3) is 0.278. The van der Waals surface area contributed by atoms with Crippen molar-refractivity contribution in [1.82, 2.24) is 15.2 Å². The van der Waals surface area contributed by atoms with Gasteiger partial charge in [0.25, 0.3) is 11.8 Å². The van der Waals surface area contributed by atoms with Gasteiger partial charge in [-0.15, -0.1) is 12.4 Å². The van der Waals surface area contributed by atoms with Crippen molar-refractivity contribution in [1.29, 1.82) is 0 Å². The van der Waals surface area contributed by atoms with E-state index in [1.165, 1.54) is 0 Å². The van der Waals surface area contributed by atoms with Gasteiger partial charge in [-0.3, -0.25) is 14.6 Å². The highest BCUT2D eigenvalue weighted by atomic mass is 35.5. The number of carbonyl (C=O) groups excluding carboxylic acids is 2. The third-order valence-electron chi connectivity index (χ3n) is 4.44. The summed E-state index contributed by atoms with van der Waals surface area (Å²) in [4.78, 5) is 30.7. The number of ether oxygens (including phenoxy) is 1. The summed E-state index contributed by atoms with van der Waals surface area (Å²) < 4.78 is 5.53. The number of amides is 2. The first-order chi connectivity index (χ1) is 12.2. The van der Waals surface area contributed by atoms with Crippen LogP contribution in [-0.2, 0) is 4.79 Å². The molecule has 0 bridgehead atoms. The topological polar surface area (TPSA) is 83.6 Å². The van der Waals surface area contributed by atoms with Crippen molar-refractivity contribution >= 4 is 29.9 Å². The molecule has 2 aromatic rings. The molecule has 4 rings (SSSR count). The van der Waals surface area contributed by atoms with Gasteiger partial charge in [0.1, 0.15) is 0 Å². The van der Waals surface area contributed by atoms with E-state index in [1.807, 2.05) is 17.0 Å².